The lowest BCUT2D eigenvalue weighted by atomic mass is 10.1. The summed E-state index contributed by atoms with van der Waals surface area (Å²) < 4.78 is 5.72. The number of hydrogen-bond acceptors (Lipinski definition) is 2. The van der Waals surface area contributed by atoms with E-state index in [0.717, 1.165) is 16.9 Å². The summed E-state index contributed by atoms with van der Waals surface area (Å²) in [5, 5.41) is 1.17. The van der Waals surface area contributed by atoms with Gasteiger partial charge in [-0.25, -0.2) is 0 Å². The molecule has 0 spiro atoms. The first-order valence-corrected chi connectivity index (χ1v) is 4.85. The molecule has 1 heterocycles. The van der Waals surface area contributed by atoms with Gasteiger partial charge in [-0.15, -0.1) is 0 Å². The maximum absolute atomic E-state index is 5.82. The topological polar surface area (TPSA) is 39.2 Å². The van der Waals surface area contributed by atoms with Gasteiger partial charge in [-0.05, 0) is 38.0 Å². The molecule has 0 aliphatic rings. The maximum Gasteiger partial charge on any atom is 0.134 e. The fraction of sp³-hybridized carbons (Fsp3) is 0.333. The normalized spacial score (nSPS) is 13.4. The van der Waals surface area contributed by atoms with E-state index in [1.165, 1.54) is 10.9 Å². The molecule has 0 aliphatic heterocycles. The molecule has 1 unspecified atom stereocenters. The molecule has 2 nitrogen and oxygen atoms in total. The van der Waals surface area contributed by atoms with E-state index >= 15 is 0 Å². The highest BCUT2D eigenvalue weighted by atomic mass is 16.3. The second kappa shape index (κ2) is 3.14. The van der Waals surface area contributed by atoms with Crippen molar-refractivity contribution < 1.29 is 4.42 Å². The lowest BCUT2D eigenvalue weighted by Crippen LogP contribution is -2.04. The molecule has 0 bridgehead atoms. The Morgan fingerprint density at radius 3 is 2.64 bits per heavy atom. The summed E-state index contributed by atoms with van der Waals surface area (Å²) in [6.07, 6.45) is 0. The van der Waals surface area contributed by atoms with Crippen LogP contribution in [0.15, 0.2) is 22.6 Å². The average Bonchev–Trinajstić information content (AvgIpc) is 2.43. The molecule has 2 N–H and O–H groups in total. The molecule has 1 atom stereocenters. The van der Waals surface area contributed by atoms with Crippen molar-refractivity contribution in [1.29, 1.82) is 0 Å². The van der Waals surface area contributed by atoms with Gasteiger partial charge < -0.3 is 10.2 Å². The van der Waals surface area contributed by atoms with Crippen LogP contribution in [0.4, 0.5) is 0 Å². The molecule has 0 fully saturated rings. The Labute approximate surface area is 83.7 Å². The Kier molecular flexibility index (Phi) is 2.08. The number of benzene rings is 1. The molecule has 1 aromatic carbocycles. The summed E-state index contributed by atoms with van der Waals surface area (Å²) in [6.45, 7) is 6.06. The van der Waals surface area contributed by atoms with Gasteiger partial charge in [0, 0.05) is 5.39 Å². The molecule has 2 aromatic rings. The van der Waals surface area contributed by atoms with Crippen molar-refractivity contribution in [3.05, 3.63) is 35.1 Å². The predicted octanol–water partition coefficient (Wildman–Crippen LogP) is 3.07. The second-order valence-electron chi connectivity index (χ2n) is 3.88. The van der Waals surface area contributed by atoms with Gasteiger partial charge in [0.05, 0.1) is 6.04 Å². The lowest BCUT2D eigenvalue weighted by Gasteiger charge is -2.00. The maximum atomic E-state index is 5.82. The zero-order chi connectivity index (χ0) is 10.3. The minimum atomic E-state index is -0.0392. The second-order valence-corrected chi connectivity index (χ2v) is 3.88. The van der Waals surface area contributed by atoms with Crippen LogP contribution in [0.3, 0.4) is 0 Å². The third-order valence-electron chi connectivity index (χ3n) is 2.54. The van der Waals surface area contributed by atoms with Gasteiger partial charge in [0.2, 0.25) is 0 Å². The van der Waals surface area contributed by atoms with Crippen molar-refractivity contribution in [2.24, 2.45) is 5.73 Å². The van der Waals surface area contributed by atoms with Crippen LogP contribution >= 0.6 is 0 Å². The van der Waals surface area contributed by atoms with Crippen LogP contribution in [0.5, 0.6) is 0 Å². The van der Waals surface area contributed by atoms with Crippen LogP contribution in [0, 0.1) is 13.8 Å². The van der Waals surface area contributed by atoms with Crippen LogP contribution in [-0.2, 0) is 0 Å². The minimum absolute atomic E-state index is 0.0392. The van der Waals surface area contributed by atoms with E-state index < -0.39 is 0 Å². The number of hydrogen-bond donors (Lipinski definition) is 1. The molecule has 0 saturated carbocycles. The Bertz CT molecular complexity index is 468. The van der Waals surface area contributed by atoms with Gasteiger partial charge in [0.15, 0.2) is 0 Å². The van der Waals surface area contributed by atoms with Crippen LogP contribution in [-0.4, -0.2) is 0 Å². The van der Waals surface area contributed by atoms with E-state index in [0.29, 0.717) is 0 Å². The predicted molar refractivity (Wildman–Crippen MR) is 58.3 cm³/mol. The first kappa shape index (κ1) is 9.28. The van der Waals surface area contributed by atoms with Crippen molar-refractivity contribution in [2.75, 3.05) is 0 Å². The van der Waals surface area contributed by atoms with Crippen molar-refractivity contribution in [3.63, 3.8) is 0 Å². The quantitative estimate of drug-likeness (QED) is 0.748. The van der Waals surface area contributed by atoms with Gasteiger partial charge >= 0.3 is 0 Å². The Balaban J connectivity index is 2.73. The highest BCUT2D eigenvalue weighted by Crippen LogP contribution is 2.28. The SMILES string of the molecule is Cc1ccc2c(C)c(C(C)N)oc2c1. The van der Waals surface area contributed by atoms with E-state index in [2.05, 4.69) is 26.0 Å². The number of aryl methyl sites for hydroxylation is 2. The van der Waals surface area contributed by atoms with Crippen molar-refractivity contribution in [1.82, 2.24) is 0 Å². The molecular formula is C12H15NO. The molecule has 74 valence electrons. The number of rotatable bonds is 1. The largest absolute Gasteiger partial charge is 0.459 e. The van der Waals surface area contributed by atoms with Gasteiger partial charge in [-0.2, -0.15) is 0 Å². The lowest BCUT2D eigenvalue weighted by molar-refractivity contribution is 0.509. The average molecular weight is 189 g/mol. The van der Waals surface area contributed by atoms with E-state index in [9.17, 15) is 0 Å². The van der Waals surface area contributed by atoms with Crippen LogP contribution < -0.4 is 5.73 Å². The molecule has 2 rings (SSSR count). The van der Waals surface area contributed by atoms with Gasteiger partial charge in [-0.1, -0.05) is 12.1 Å². The van der Waals surface area contributed by atoms with Gasteiger partial charge in [0.25, 0.3) is 0 Å². The van der Waals surface area contributed by atoms with Crippen LogP contribution in [0.1, 0.15) is 29.9 Å². The minimum Gasteiger partial charge on any atom is -0.459 e. The van der Waals surface area contributed by atoms with Crippen LogP contribution in [0.25, 0.3) is 11.0 Å². The Morgan fingerprint density at radius 1 is 1.29 bits per heavy atom. The molecule has 0 amide bonds. The molecule has 1 aromatic heterocycles. The zero-order valence-corrected chi connectivity index (χ0v) is 8.79. The van der Waals surface area contributed by atoms with Gasteiger partial charge in [-0.3, -0.25) is 0 Å². The van der Waals surface area contributed by atoms with Crippen molar-refractivity contribution in [2.45, 2.75) is 26.8 Å². The Morgan fingerprint density at radius 2 is 2.00 bits per heavy atom. The Hall–Kier alpha value is -1.28. The first-order chi connectivity index (χ1) is 6.59. The third-order valence-corrected chi connectivity index (χ3v) is 2.54. The summed E-state index contributed by atoms with van der Waals surface area (Å²) in [7, 11) is 0. The fourth-order valence-electron chi connectivity index (χ4n) is 1.79. The molecule has 0 saturated heterocycles. The van der Waals surface area contributed by atoms with Gasteiger partial charge in [0.1, 0.15) is 11.3 Å². The van der Waals surface area contributed by atoms with Crippen molar-refractivity contribution in [3.8, 4) is 0 Å². The first-order valence-electron chi connectivity index (χ1n) is 4.85. The molecule has 0 radical (unpaired) electrons. The standard InChI is InChI=1S/C12H15NO/c1-7-4-5-10-8(2)12(9(3)13)14-11(10)6-7/h4-6,9H,13H2,1-3H3. The molecule has 14 heavy (non-hydrogen) atoms. The molecule has 0 aliphatic carbocycles. The number of nitrogens with two attached hydrogens (primary N) is 1. The molecule has 2 heteroatoms. The summed E-state index contributed by atoms with van der Waals surface area (Å²) in [5.74, 6) is 0.894. The number of furan rings is 1. The van der Waals surface area contributed by atoms with E-state index in [4.69, 9.17) is 10.2 Å². The number of fused-ring (bicyclic) bond motifs is 1. The fourth-order valence-corrected chi connectivity index (χ4v) is 1.79. The van der Waals surface area contributed by atoms with E-state index in [1.807, 2.05) is 13.0 Å². The summed E-state index contributed by atoms with van der Waals surface area (Å²) >= 11 is 0. The van der Waals surface area contributed by atoms with Crippen LogP contribution in [0.2, 0.25) is 0 Å². The third kappa shape index (κ3) is 1.32. The highest BCUT2D eigenvalue weighted by molar-refractivity contribution is 5.82. The van der Waals surface area contributed by atoms with Crippen molar-refractivity contribution >= 4 is 11.0 Å². The summed E-state index contributed by atoms with van der Waals surface area (Å²) in [4.78, 5) is 0. The summed E-state index contributed by atoms with van der Waals surface area (Å²) in [5.41, 5.74) is 9.13. The van der Waals surface area contributed by atoms with E-state index in [-0.39, 0.29) is 6.04 Å². The highest BCUT2D eigenvalue weighted by Gasteiger charge is 2.12. The molecular weight excluding hydrogens is 174 g/mol. The van der Waals surface area contributed by atoms with E-state index in [1.54, 1.807) is 0 Å². The zero-order valence-electron chi connectivity index (χ0n) is 8.79. The summed E-state index contributed by atoms with van der Waals surface area (Å²) in [6, 6.07) is 6.20. The smallest absolute Gasteiger partial charge is 0.134 e. The monoisotopic (exact) mass is 189 g/mol.